The van der Waals surface area contributed by atoms with E-state index in [-0.39, 0.29) is 11.9 Å². The topological polar surface area (TPSA) is 77.2 Å². The molecule has 94 valence electrons. The van der Waals surface area contributed by atoms with Crippen LogP contribution in [0.4, 0.5) is 5.69 Å². The molecule has 0 aromatic carbocycles. The number of carbonyl (C=O) groups is 1. The summed E-state index contributed by atoms with van der Waals surface area (Å²) < 4.78 is 6.16. The molecule has 0 aliphatic carbocycles. The highest BCUT2D eigenvalue weighted by molar-refractivity contribution is 7.21. The van der Waals surface area contributed by atoms with Crippen LogP contribution < -0.4 is 11.1 Å². The van der Waals surface area contributed by atoms with Gasteiger partial charge in [-0.3, -0.25) is 9.78 Å². The van der Waals surface area contributed by atoms with Crippen LogP contribution in [0.2, 0.25) is 0 Å². The van der Waals surface area contributed by atoms with Gasteiger partial charge in [0.15, 0.2) is 0 Å². The Hall–Kier alpha value is -1.66. The van der Waals surface area contributed by atoms with E-state index >= 15 is 0 Å². The largest absolute Gasteiger partial charge is 0.397 e. The Morgan fingerprint density at radius 2 is 2.50 bits per heavy atom. The molecule has 1 aliphatic rings. The second-order valence-corrected chi connectivity index (χ2v) is 5.30. The average molecular weight is 263 g/mol. The zero-order chi connectivity index (χ0) is 12.5. The number of anilines is 1. The normalized spacial score (nSPS) is 19.2. The number of nitrogens with one attached hydrogen (secondary N) is 1. The summed E-state index contributed by atoms with van der Waals surface area (Å²) in [6.45, 7) is 1.29. The van der Waals surface area contributed by atoms with Crippen LogP contribution in [0, 0.1) is 0 Å². The van der Waals surface area contributed by atoms with Crippen molar-refractivity contribution in [2.45, 2.75) is 12.5 Å². The van der Waals surface area contributed by atoms with Crippen molar-refractivity contribution in [3.63, 3.8) is 0 Å². The van der Waals surface area contributed by atoms with Gasteiger partial charge in [0.05, 0.1) is 23.0 Å². The molecule has 3 N–H and O–H groups in total. The first-order valence-electron chi connectivity index (χ1n) is 5.76. The number of ether oxygens (including phenoxy) is 1. The third-order valence-corrected chi connectivity index (χ3v) is 4.16. The molecular weight excluding hydrogens is 250 g/mol. The number of rotatable bonds is 2. The molecule has 6 heteroatoms. The SMILES string of the molecule is Nc1c(C(=O)NC2CCOC2)sc2cnccc12. The number of aromatic nitrogens is 1. The average Bonchev–Trinajstić information content (AvgIpc) is 2.98. The van der Waals surface area contributed by atoms with Crippen LogP contribution in [0.3, 0.4) is 0 Å². The van der Waals surface area contributed by atoms with Crippen LogP contribution in [-0.2, 0) is 4.74 Å². The van der Waals surface area contributed by atoms with Crippen LogP contribution in [0.15, 0.2) is 18.5 Å². The molecule has 1 amide bonds. The lowest BCUT2D eigenvalue weighted by atomic mass is 10.2. The number of nitrogens with two attached hydrogens (primary N) is 1. The Labute approximate surface area is 108 Å². The van der Waals surface area contributed by atoms with Crippen LogP contribution >= 0.6 is 11.3 Å². The second-order valence-electron chi connectivity index (χ2n) is 4.25. The predicted octanol–water partition coefficient (Wildman–Crippen LogP) is 1.40. The van der Waals surface area contributed by atoms with Gasteiger partial charge < -0.3 is 15.8 Å². The molecule has 1 saturated heterocycles. The molecule has 0 radical (unpaired) electrons. The van der Waals surface area contributed by atoms with Crippen molar-refractivity contribution < 1.29 is 9.53 Å². The van der Waals surface area contributed by atoms with Gasteiger partial charge in [-0.2, -0.15) is 0 Å². The number of pyridine rings is 1. The summed E-state index contributed by atoms with van der Waals surface area (Å²) in [6, 6.07) is 1.93. The van der Waals surface area contributed by atoms with E-state index in [9.17, 15) is 4.79 Å². The number of amides is 1. The molecular formula is C12H13N3O2S. The molecule has 1 aliphatic heterocycles. The molecule has 0 spiro atoms. The van der Waals surface area contributed by atoms with E-state index < -0.39 is 0 Å². The fraction of sp³-hybridized carbons (Fsp3) is 0.333. The number of hydrogen-bond acceptors (Lipinski definition) is 5. The summed E-state index contributed by atoms with van der Waals surface area (Å²) >= 11 is 1.38. The number of hydrogen-bond donors (Lipinski definition) is 2. The fourth-order valence-electron chi connectivity index (χ4n) is 2.04. The smallest absolute Gasteiger partial charge is 0.263 e. The van der Waals surface area contributed by atoms with Gasteiger partial charge in [0.25, 0.3) is 5.91 Å². The summed E-state index contributed by atoms with van der Waals surface area (Å²) in [5.74, 6) is -0.121. The summed E-state index contributed by atoms with van der Waals surface area (Å²) in [7, 11) is 0. The number of thiophene rings is 1. The highest BCUT2D eigenvalue weighted by atomic mass is 32.1. The highest BCUT2D eigenvalue weighted by Crippen LogP contribution is 2.32. The Balaban J connectivity index is 1.88. The van der Waals surface area contributed by atoms with E-state index in [1.807, 2.05) is 6.07 Å². The predicted molar refractivity (Wildman–Crippen MR) is 70.7 cm³/mol. The Morgan fingerprint density at radius 1 is 1.61 bits per heavy atom. The highest BCUT2D eigenvalue weighted by Gasteiger charge is 2.22. The molecule has 0 saturated carbocycles. The Kier molecular flexibility index (Phi) is 2.89. The first-order valence-corrected chi connectivity index (χ1v) is 6.58. The van der Waals surface area contributed by atoms with Crippen molar-refractivity contribution in [2.75, 3.05) is 18.9 Å². The first kappa shape index (κ1) is 11.4. The number of nitrogen functional groups attached to an aromatic ring is 1. The maximum absolute atomic E-state index is 12.1. The van der Waals surface area contributed by atoms with Gasteiger partial charge in [-0.15, -0.1) is 11.3 Å². The van der Waals surface area contributed by atoms with Crippen LogP contribution in [-0.4, -0.2) is 30.1 Å². The maximum atomic E-state index is 12.1. The first-order chi connectivity index (χ1) is 8.75. The zero-order valence-electron chi connectivity index (χ0n) is 9.68. The summed E-state index contributed by atoms with van der Waals surface area (Å²) in [5.41, 5.74) is 6.54. The molecule has 2 aromatic rings. The van der Waals surface area contributed by atoms with E-state index in [0.29, 0.717) is 23.8 Å². The van der Waals surface area contributed by atoms with Crippen LogP contribution in [0.1, 0.15) is 16.1 Å². The third kappa shape index (κ3) is 1.93. The number of nitrogens with zero attached hydrogens (tertiary/aromatic N) is 1. The van der Waals surface area contributed by atoms with Crippen LogP contribution in [0.5, 0.6) is 0 Å². The van der Waals surface area contributed by atoms with Crippen molar-refractivity contribution in [1.82, 2.24) is 10.3 Å². The number of fused-ring (bicyclic) bond motifs is 1. The summed E-state index contributed by atoms with van der Waals surface area (Å²) in [5, 5.41) is 3.83. The van der Waals surface area contributed by atoms with Crippen molar-refractivity contribution in [1.29, 1.82) is 0 Å². The van der Waals surface area contributed by atoms with Gasteiger partial charge in [0.1, 0.15) is 4.88 Å². The molecule has 1 atom stereocenters. The van der Waals surface area contributed by atoms with Gasteiger partial charge in [-0.05, 0) is 12.5 Å². The van der Waals surface area contributed by atoms with Gasteiger partial charge in [-0.1, -0.05) is 0 Å². The molecule has 3 heterocycles. The Morgan fingerprint density at radius 3 is 3.22 bits per heavy atom. The monoisotopic (exact) mass is 263 g/mol. The van der Waals surface area contributed by atoms with Gasteiger partial charge in [-0.25, -0.2) is 0 Å². The third-order valence-electron chi connectivity index (χ3n) is 3.00. The molecule has 5 nitrogen and oxygen atoms in total. The van der Waals surface area contributed by atoms with Crippen molar-refractivity contribution in [3.8, 4) is 0 Å². The number of carbonyl (C=O) groups excluding carboxylic acids is 1. The lowest BCUT2D eigenvalue weighted by molar-refractivity contribution is 0.0935. The van der Waals surface area contributed by atoms with Gasteiger partial charge in [0, 0.05) is 24.4 Å². The fourth-order valence-corrected chi connectivity index (χ4v) is 3.03. The van der Waals surface area contributed by atoms with Crippen molar-refractivity contribution in [2.24, 2.45) is 0 Å². The minimum absolute atomic E-state index is 0.0974. The van der Waals surface area contributed by atoms with E-state index in [4.69, 9.17) is 10.5 Å². The van der Waals surface area contributed by atoms with E-state index in [0.717, 1.165) is 16.5 Å². The van der Waals surface area contributed by atoms with E-state index in [1.54, 1.807) is 12.4 Å². The van der Waals surface area contributed by atoms with E-state index in [1.165, 1.54) is 11.3 Å². The molecule has 1 fully saturated rings. The van der Waals surface area contributed by atoms with Gasteiger partial charge >= 0.3 is 0 Å². The standard InChI is InChI=1S/C12H13N3O2S/c13-10-8-1-3-14-5-9(8)18-11(10)12(16)15-7-2-4-17-6-7/h1,3,5,7H,2,4,6,13H2,(H,15,16). The molecule has 18 heavy (non-hydrogen) atoms. The lowest BCUT2D eigenvalue weighted by Gasteiger charge is -2.09. The minimum atomic E-state index is -0.121. The molecule has 0 bridgehead atoms. The summed E-state index contributed by atoms with van der Waals surface area (Å²) in [6.07, 6.45) is 4.27. The molecule has 1 unspecified atom stereocenters. The molecule has 2 aromatic heterocycles. The Bertz CT molecular complexity index is 590. The minimum Gasteiger partial charge on any atom is -0.397 e. The zero-order valence-corrected chi connectivity index (χ0v) is 10.5. The quantitative estimate of drug-likeness (QED) is 0.858. The van der Waals surface area contributed by atoms with Crippen molar-refractivity contribution in [3.05, 3.63) is 23.3 Å². The van der Waals surface area contributed by atoms with Gasteiger partial charge in [0.2, 0.25) is 0 Å². The van der Waals surface area contributed by atoms with Crippen LogP contribution in [0.25, 0.3) is 10.1 Å². The van der Waals surface area contributed by atoms with E-state index in [2.05, 4.69) is 10.3 Å². The molecule has 3 rings (SSSR count). The second kappa shape index (κ2) is 4.55. The lowest BCUT2D eigenvalue weighted by Crippen LogP contribution is -2.34. The maximum Gasteiger partial charge on any atom is 0.263 e. The summed E-state index contributed by atoms with van der Waals surface area (Å²) in [4.78, 5) is 16.7. The van der Waals surface area contributed by atoms with Crippen molar-refractivity contribution >= 4 is 33.0 Å².